The second-order valence-electron chi connectivity index (χ2n) is 9.16. The van der Waals surface area contributed by atoms with Crippen molar-refractivity contribution in [2.24, 2.45) is 0 Å². The third kappa shape index (κ3) is 4.18. The molecule has 2 aliphatic rings. The molecule has 1 N–H and O–H groups in total. The molecule has 0 unspecified atom stereocenters. The van der Waals surface area contributed by atoms with Gasteiger partial charge in [-0.15, -0.1) is 0 Å². The van der Waals surface area contributed by atoms with Gasteiger partial charge < -0.3 is 10.2 Å². The summed E-state index contributed by atoms with van der Waals surface area (Å²) in [4.78, 5) is 55.0. The molecule has 4 heterocycles. The second kappa shape index (κ2) is 9.53. The Morgan fingerprint density at radius 2 is 1.89 bits per heavy atom. The molecule has 3 aromatic rings. The molecule has 10 heteroatoms. The molecule has 35 heavy (non-hydrogen) atoms. The number of hydrogen-bond acceptors (Lipinski definition) is 8. The minimum absolute atomic E-state index is 0.0347. The van der Waals surface area contributed by atoms with Crippen molar-refractivity contribution in [2.75, 3.05) is 36.0 Å². The predicted octanol–water partition coefficient (Wildman–Crippen LogP) is 2.52. The minimum Gasteiger partial charge on any atom is -0.368 e. The van der Waals surface area contributed by atoms with Gasteiger partial charge in [0.15, 0.2) is 5.78 Å². The number of carbonyl (C=O) groups excluding carboxylic acids is 2. The van der Waals surface area contributed by atoms with Gasteiger partial charge >= 0.3 is 0 Å². The van der Waals surface area contributed by atoms with E-state index in [1.54, 1.807) is 30.0 Å². The molecule has 182 valence electrons. The van der Waals surface area contributed by atoms with Crippen LogP contribution in [0.4, 0.5) is 17.5 Å². The maximum atomic E-state index is 13.4. The van der Waals surface area contributed by atoms with Crippen molar-refractivity contribution < 1.29 is 9.59 Å². The number of hydrogen-bond donors (Lipinski definition) is 1. The van der Waals surface area contributed by atoms with Gasteiger partial charge in [-0.3, -0.25) is 19.0 Å². The fourth-order valence-electron chi connectivity index (χ4n) is 5.19. The zero-order valence-electron chi connectivity index (χ0n) is 20.0. The Kier molecular flexibility index (Phi) is 6.29. The minimum atomic E-state index is -0.324. The van der Waals surface area contributed by atoms with Crippen molar-refractivity contribution in [3.05, 3.63) is 46.0 Å². The molecule has 0 spiro atoms. The van der Waals surface area contributed by atoms with Crippen LogP contribution in [0.15, 0.2) is 29.3 Å². The maximum absolute atomic E-state index is 13.4. The van der Waals surface area contributed by atoms with Crippen molar-refractivity contribution in [3.63, 3.8) is 0 Å². The van der Waals surface area contributed by atoms with E-state index in [1.165, 1.54) is 11.8 Å². The highest BCUT2D eigenvalue weighted by Gasteiger charge is 2.26. The molecule has 10 nitrogen and oxygen atoms in total. The van der Waals surface area contributed by atoms with Crippen LogP contribution < -0.4 is 20.7 Å². The highest BCUT2D eigenvalue weighted by atomic mass is 16.1. The van der Waals surface area contributed by atoms with Gasteiger partial charge in [0.25, 0.3) is 5.56 Å². The molecule has 0 aromatic carbocycles. The van der Waals surface area contributed by atoms with E-state index in [0.29, 0.717) is 28.8 Å². The van der Waals surface area contributed by atoms with E-state index in [9.17, 15) is 14.4 Å². The average molecular weight is 476 g/mol. The van der Waals surface area contributed by atoms with Gasteiger partial charge in [-0.05, 0) is 44.4 Å². The largest absolute Gasteiger partial charge is 0.368 e. The normalized spacial score (nSPS) is 16.6. The molecule has 0 atom stereocenters. The number of rotatable bonds is 6. The van der Waals surface area contributed by atoms with E-state index in [4.69, 9.17) is 0 Å². The number of nitrogens with zero attached hydrogens (tertiary/aromatic N) is 6. The van der Waals surface area contributed by atoms with Crippen LogP contribution in [0.2, 0.25) is 0 Å². The highest BCUT2D eigenvalue weighted by molar-refractivity contribution is 5.99. The second-order valence-corrected chi connectivity index (χ2v) is 9.16. The molecular formula is C25H29N7O3. The van der Waals surface area contributed by atoms with E-state index in [0.717, 1.165) is 57.5 Å². The first-order valence-electron chi connectivity index (χ1n) is 12.1. The average Bonchev–Trinajstić information content (AvgIpc) is 3.40. The Hall–Kier alpha value is -3.66. The summed E-state index contributed by atoms with van der Waals surface area (Å²) >= 11 is 0. The number of piperazine rings is 1. The summed E-state index contributed by atoms with van der Waals surface area (Å²) in [5, 5.41) is 3.96. The van der Waals surface area contributed by atoms with Gasteiger partial charge in [0, 0.05) is 43.8 Å². The molecule has 0 bridgehead atoms. The van der Waals surface area contributed by atoms with Crippen LogP contribution in [0.25, 0.3) is 11.0 Å². The SMILES string of the molecule is CC(=O)c1c(C)c2cnc(N(C=O)c3ccc(N4CCNCC4)cn3)nc2n(C2CCCC2)c1=O. The topological polar surface area (TPSA) is 113 Å². The Labute approximate surface area is 203 Å². The third-order valence-electron chi connectivity index (χ3n) is 7.02. The molecule has 5 rings (SSSR count). The smallest absolute Gasteiger partial charge is 0.263 e. The van der Waals surface area contributed by atoms with E-state index in [2.05, 4.69) is 25.2 Å². The number of fused-ring (bicyclic) bond motifs is 1. The Morgan fingerprint density at radius 1 is 1.14 bits per heavy atom. The summed E-state index contributed by atoms with van der Waals surface area (Å²) in [5.41, 5.74) is 1.85. The lowest BCUT2D eigenvalue weighted by atomic mass is 10.0. The lowest BCUT2D eigenvalue weighted by Crippen LogP contribution is -2.43. The molecule has 1 amide bonds. The molecular weight excluding hydrogens is 446 g/mol. The summed E-state index contributed by atoms with van der Waals surface area (Å²) in [6, 6.07) is 3.67. The van der Waals surface area contributed by atoms with Crippen LogP contribution >= 0.6 is 0 Å². The Morgan fingerprint density at radius 3 is 2.51 bits per heavy atom. The summed E-state index contributed by atoms with van der Waals surface area (Å²) < 4.78 is 1.64. The van der Waals surface area contributed by atoms with E-state index >= 15 is 0 Å². The standard InChI is InChI=1S/C25H29N7O3/c1-16-20-14-28-25(29-23(20)32(18-5-3-4-6-18)24(35)22(16)17(2)34)31(15-33)21-8-7-19(13-27-21)30-11-9-26-10-12-30/h7-8,13-15,18,26H,3-6,9-12H2,1-2H3. The summed E-state index contributed by atoms with van der Waals surface area (Å²) in [5.74, 6) is 0.259. The van der Waals surface area contributed by atoms with Gasteiger partial charge in [-0.1, -0.05) is 12.8 Å². The summed E-state index contributed by atoms with van der Waals surface area (Å²) in [7, 11) is 0. The number of Topliss-reactive ketones (excluding diaryl/α,β-unsaturated/α-hetero) is 1. The lowest BCUT2D eigenvalue weighted by molar-refractivity contribution is -0.106. The molecule has 2 fully saturated rings. The number of ketones is 1. The quantitative estimate of drug-likeness (QED) is 0.427. The van der Waals surface area contributed by atoms with Crippen LogP contribution in [0.5, 0.6) is 0 Å². The van der Waals surface area contributed by atoms with Crippen molar-refractivity contribution in [2.45, 2.75) is 45.6 Å². The van der Waals surface area contributed by atoms with Crippen LogP contribution in [0.3, 0.4) is 0 Å². The first kappa shape index (κ1) is 23.1. The fourth-order valence-corrected chi connectivity index (χ4v) is 5.19. The molecule has 1 saturated heterocycles. The number of carbonyl (C=O) groups is 2. The fraction of sp³-hybridized carbons (Fsp3) is 0.440. The van der Waals surface area contributed by atoms with Crippen LogP contribution in [0.1, 0.15) is 54.6 Å². The van der Waals surface area contributed by atoms with Crippen molar-refractivity contribution >= 4 is 40.7 Å². The zero-order valence-corrected chi connectivity index (χ0v) is 20.0. The van der Waals surface area contributed by atoms with Crippen LogP contribution in [0, 0.1) is 6.92 Å². The van der Waals surface area contributed by atoms with Gasteiger partial charge in [0.05, 0.1) is 17.4 Å². The van der Waals surface area contributed by atoms with Crippen molar-refractivity contribution in [3.8, 4) is 0 Å². The number of anilines is 3. The highest BCUT2D eigenvalue weighted by Crippen LogP contribution is 2.32. The van der Waals surface area contributed by atoms with Crippen LogP contribution in [-0.2, 0) is 4.79 Å². The Bertz CT molecular complexity index is 1320. The first-order chi connectivity index (χ1) is 17.0. The van der Waals surface area contributed by atoms with Gasteiger partial charge in [0.1, 0.15) is 11.5 Å². The summed E-state index contributed by atoms with van der Waals surface area (Å²) in [6.45, 7) is 6.78. The van der Waals surface area contributed by atoms with Crippen LogP contribution in [-0.4, -0.2) is 57.9 Å². The van der Waals surface area contributed by atoms with Gasteiger partial charge in [-0.25, -0.2) is 14.9 Å². The number of amides is 1. The molecule has 1 aliphatic heterocycles. The summed E-state index contributed by atoms with van der Waals surface area (Å²) in [6.07, 6.45) is 7.70. The number of aromatic nitrogens is 4. The van der Waals surface area contributed by atoms with Gasteiger partial charge in [-0.2, -0.15) is 4.98 Å². The number of pyridine rings is 2. The molecule has 1 aliphatic carbocycles. The van der Waals surface area contributed by atoms with E-state index in [1.807, 2.05) is 6.07 Å². The van der Waals surface area contributed by atoms with Crippen molar-refractivity contribution in [1.82, 2.24) is 24.8 Å². The lowest BCUT2D eigenvalue weighted by Gasteiger charge is -2.29. The zero-order chi connectivity index (χ0) is 24.5. The van der Waals surface area contributed by atoms with E-state index < -0.39 is 0 Å². The first-order valence-corrected chi connectivity index (χ1v) is 12.1. The third-order valence-corrected chi connectivity index (χ3v) is 7.02. The van der Waals surface area contributed by atoms with E-state index in [-0.39, 0.29) is 28.9 Å². The molecule has 3 aromatic heterocycles. The van der Waals surface area contributed by atoms with Crippen molar-refractivity contribution in [1.29, 1.82) is 0 Å². The maximum Gasteiger partial charge on any atom is 0.263 e. The molecule has 0 radical (unpaired) electrons. The molecule has 1 saturated carbocycles. The Balaban J connectivity index is 1.59. The number of nitrogens with one attached hydrogen (secondary N) is 1. The predicted molar refractivity (Wildman–Crippen MR) is 134 cm³/mol. The van der Waals surface area contributed by atoms with Gasteiger partial charge in [0.2, 0.25) is 12.4 Å². The monoisotopic (exact) mass is 475 g/mol. The number of aryl methyl sites for hydroxylation is 1.